The first-order valence-corrected chi connectivity index (χ1v) is 15.6. The summed E-state index contributed by atoms with van der Waals surface area (Å²) in [7, 11) is 0. The van der Waals surface area contributed by atoms with Crippen molar-refractivity contribution in [2.75, 3.05) is 19.8 Å². The molecule has 0 spiro atoms. The number of hydrogen-bond acceptors (Lipinski definition) is 4. The van der Waals surface area contributed by atoms with E-state index in [4.69, 9.17) is 9.47 Å². The van der Waals surface area contributed by atoms with Crippen molar-refractivity contribution in [3.05, 3.63) is 0 Å². The summed E-state index contributed by atoms with van der Waals surface area (Å²) < 4.78 is 11.0. The third kappa shape index (κ3) is 27.8. The van der Waals surface area contributed by atoms with Gasteiger partial charge in [0.1, 0.15) is 6.10 Å². The number of aliphatic hydroxyl groups is 1. The SMILES string of the molecule is CCCCCCCCCCCCCCCCCCCCOCC(CO)OC(=O)CCCCCCC. The van der Waals surface area contributed by atoms with Gasteiger partial charge in [-0.1, -0.05) is 149 Å². The Hall–Kier alpha value is -0.610. The average Bonchev–Trinajstić information content (AvgIpc) is 2.86. The van der Waals surface area contributed by atoms with Gasteiger partial charge in [-0.25, -0.2) is 0 Å². The van der Waals surface area contributed by atoms with Gasteiger partial charge in [0.15, 0.2) is 0 Å². The molecule has 0 bridgehead atoms. The molecule has 4 nitrogen and oxygen atoms in total. The van der Waals surface area contributed by atoms with Gasteiger partial charge in [0.05, 0.1) is 13.2 Å². The van der Waals surface area contributed by atoms with E-state index in [-0.39, 0.29) is 12.6 Å². The molecule has 0 saturated heterocycles. The van der Waals surface area contributed by atoms with Gasteiger partial charge < -0.3 is 14.6 Å². The first kappa shape index (κ1) is 34.4. The highest BCUT2D eigenvalue weighted by Gasteiger charge is 2.13. The first-order chi connectivity index (χ1) is 17.2. The van der Waals surface area contributed by atoms with Crippen LogP contribution in [0.25, 0.3) is 0 Å². The lowest BCUT2D eigenvalue weighted by molar-refractivity contribution is -0.154. The Bertz CT molecular complexity index is 413. The maximum Gasteiger partial charge on any atom is 0.306 e. The molecular weight excluding hydrogens is 436 g/mol. The van der Waals surface area contributed by atoms with E-state index in [1.54, 1.807) is 0 Å². The summed E-state index contributed by atoms with van der Waals surface area (Å²) in [5.74, 6) is -0.211. The number of hydrogen-bond donors (Lipinski definition) is 1. The molecule has 210 valence electrons. The molecule has 0 saturated carbocycles. The van der Waals surface area contributed by atoms with Gasteiger partial charge in [-0.15, -0.1) is 0 Å². The second-order valence-corrected chi connectivity index (χ2v) is 10.5. The molecule has 1 N–H and O–H groups in total. The fourth-order valence-corrected chi connectivity index (χ4v) is 4.56. The summed E-state index contributed by atoms with van der Waals surface area (Å²) in [5, 5.41) is 9.42. The Balaban J connectivity index is 3.30. The monoisotopic (exact) mass is 498 g/mol. The van der Waals surface area contributed by atoms with Crippen LogP contribution < -0.4 is 0 Å². The van der Waals surface area contributed by atoms with Crippen LogP contribution in [0.4, 0.5) is 0 Å². The summed E-state index contributed by atoms with van der Waals surface area (Å²) in [4.78, 5) is 11.9. The lowest BCUT2D eigenvalue weighted by Crippen LogP contribution is -2.27. The second kappa shape index (κ2) is 29.6. The van der Waals surface area contributed by atoms with Crippen LogP contribution in [0.3, 0.4) is 0 Å². The highest BCUT2D eigenvalue weighted by molar-refractivity contribution is 5.69. The van der Waals surface area contributed by atoms with Gasteiger partial charge in [-0.3, -0.25) is 4.79 Å². The number of aliphatic hydroxyl groups excluding tert-OH is 1. The van der Waals surface area contributed by atoms with Crippen LogP contribution in [0.2, 0.25) is 0 Å². The van der Waals surface area contributed by atoms with Gasteiger partial charge in [0.25, 0.3) is 0 Å². The molecule has 35 heavy (non-hydrogen) atoms. The van der Waals surface area contributed by atoms with Crippen molar-refractivity contribution in [1.29, 1.82) is 0 Å². The summed E-state index contributed by atoms with van der Waals surface area (Å²) in [6.07, 6.45) is 30.2. The third-order valence-corrected chi connectivity index (χ3v) is 6.93. The summed E-state index contributed by atoms with van der Waals surface area (Å²) in [6, 6.07) is 0. The van der Waals surface area contributed by atoms with Crippen molar-refractivity contribution in [1.82, 2.24) is 0 Å². The number of ether oxygens (including phenoxy) is 2. The van der Waals surface area contributed by atoms with Gasteiger partial charge >= 0.3 is 5.97 Å². The minimum Gasteiger partial charge on any atom is -0.457 e. The fraction of sp³-hybridized carbons (Fsp3) is 0.968. The van der Waals surface area contributed by atoms with E-state index >= 15 is 0 Å². The van der Waals surface area contributed by atoms with E-state index in [0.717, 1.165) is 19.3 Å². The van der Waals surface area contributed by atoms with Gasteiger partial charge in [0, 0.05) is 13.0 Å². The maximum absolute atomic E-state index is 11.9. The van der Waals surface area contributed by atoms with Crippen LogP contribution >= 0.6 is 0 Å². The maximum atomic E-state index is 11.9. The molecule has 0 aromatic rings. The van der Waals surface area contributed by atoms with Gasteiger partial charge in [-0.05, 0) is 12.8 Å². The molecular formula is C31H62O4. The predicted molar refractivity (Wildman–Crippen MR) is 150 cm³/mol. The van der Waals surface area contributed by atoms with E-state index in [2.05, 4.69) is 13.8 Å². The van der Waals surface area contributed by atoms with Crippen LogP contribution in [0.5, 0.6) is 0 Å². The number of esters is 1. The van der Waals surface area contributed by atoms with Gasteiger partial charge in [0.2, 0.25) is 0 Å². The van der Waals surface area contributed by atoms with Crippen molar-refractivity contribution in [3.8, 4) is 0 Å². The minimum atomic E-state index is -0.520. The molecule has 1 atom stereocenters. The molecule has 0 fully saturated rings. The Labute approximate surface area is 219 Å². The summed E-state index contributed by atoms with van der Waals surface area (Å²) in [6.45, 7) is 5.29. The van der Waals surface area contributed by atoms with E-state index in [0.29, 0.717) is 19.6 Å². The molecule has 0 heterocycles. The molecule has 4 heteroatoms. The molecule has 0 aliphatic rings. The summed E-state index contributed by atoms with van der Waals surface area (Å²) in [5.41, 5.74) is 0. The predicted octanol–water partition coefficient (Wildman–Crippen LogP) is 9.31. The summed E-state index contributed by atoms with van der Waals surface area (Å²) >= 11 is 0. The fourth-order valence-electron chi connectivity index (χ4n) is 4.56. The Kier molecular flexibility index (Phi) is 29.1. The third-order valence-electron chi connectivity index (χ3n) is 6.93. The quantitative estimate of drug-likeness (QED) is 0.0824. The Morgan fingerprint density at radius 2 is 0.943 bits per heavy atom. The Morgan fingerprint density at radius 3 is 1.34 bits per heavy atom. The van der Waals surface area contributed by atoms with Gasteiger partial charge in [-0.2, -0.15) is 0 Å². The molecule has 0 aromatic heterocycles. The number of carbonyl (C=O) groups is 1. The highest BCUT2D eigenvalue weighted by atomic mass is 16.6. The molecule has 0 aromatic carbocycles. The zero-order valence-corrected chi connectivity index (χ0v) is 23.8. The standard InChI is InChI=1S/C31H62O4/c1-3-5-7-9-10-11-12-13-14-15-16-17-18-19-20-21-23-25-27-34-29-30(28-32)35-31(33)26-24-22-8-6-4-2/h30,32H,3-29H2,1-2H3. The normalized spacial score (nSPS) is 12.2. The Morgan fingerprint density at radius 1 is 0.571 bits per heavy atom. The first-order valence-electron chi connectivity index (χ1n) is 15.6. The van der Waals surface area contributed by atoms with Crippen LogP contribution in [-0.2, 0) is 14.3 Å². The zero-order valence-electron chi connectivity index (χ0n) is 23.8. The second-order valence-electron chi connectivity index (χ2n) is 10.5. The van der Waals surface area contributed by atoms with Crippen LogP contribution in [0.1, 0.15) is 168 Å². The average molecular weight is 499 g/mol. The largest absolute Gasteiger partial charge is 0.457 e. The van der Waals surface area contributed by atoms with Crippen molar-refractivity contribution in [2.45, 2.75) is 174 Å². The number of rotatable bonds is 29. The molecule has 0 amide bonds. The lowest BCUT2D eigenvalue weighted by atomic mass is 10.0. The molecule has 0 aliphatic carbocycles. The number of carbonyl (C=O) groups excluding carboxylic acids is 1. The van der Waals surface area contributed by atoms with Crippen LogP contribution in [-0.4, -0.2) is 37.0 Å². The number of unbranched alkanes of at least 4 members (excludes halogenated alkanes) is 21. The molecule has 1 unspecified atom stereocenters. The smallest absolute Gasteiger partial charge is 0.306 e. The van der Waals surface area contributed by atoms with Crippen molar-refractivity contribution < 1.29 is 19.4 Å². The highest BCUT2D eigenvalue weighted by Crippen LogP contribution is 2.14. The van der Waals surface area contributed by atoms with Crippen molar-refractivity contribution in [2.24, 2.45) is 0 Å². The molecule has 0 rings (SSSR count). The van der Waals surface area contributed by atoms with Crippen LogP contribution in [0, 0.1) is 0 Å². The molecule has 0 aliphatic heterocycles. The van der Waals surface area contributed by atoms with E-state index in [1.807, 2.05) is 0 Å². The van der Waals surface area contributed by atoms with E-state index < -0.39 is 6.10 Å². The lowest BCUT2D eigenvalue weighted by Gasteiger charge is -2.15. The molecule has 0 radical (unpaired) electrons. The topological polar surface area (TPSA) is 55.8 Å². The van der Waals surface area contributed by atoms with Crippen LogP contribution in [0.15, 0.2) is 0 Å². The van der Waals surface area contributed by atoms with Crippen molar-refractivity contribution in [3.63, 3.8) is 0 Å². The van der Waals surface area contributed by atoms with Crippen molar-refractivity contribution >= 4 is 5.97 Å². The van der Waals surface area contributed by atoms with E-state index in [9.17, 15) is 9.90 Å². The minimum absolute atomic E-state index is 0.166. The zero-order chi connectivity index (χ0) is 25.7. The van der Waals surface area contributed by atoms with E-state index in [1.165, 1.54) is 128 Å².